The first kappa shape index (κ1) is 15.4. The van der Waals surface area contributed by atoms with Gasteiger partial charge in [-0.1, -0.05) is 29.8 Å². The number of hydrogen-bond acceptors (Lipinski definition) is 3. The Hall–Kier alpha value is -2.04. The molecule has 4 nitrogen and oxygen atoms in total. The topological polar surface area (TPSA) is 75.4 Å². The monoisotopic (exact) mass is 304 g/mol. The lowest BCUT2D eigenvalue weighted by molar-refractivity contribution is -0.117. The van der Waals surface area contributed by atoms with Crippen LogP contribution in [0.25, 0.3) is 0 Å². The van der Waals surface area contributed by atoms with Crippen LogP contribution in [0.5, 0.6) is 5.75 Å². The van der Waals surface area contributed by atoms with Crippen molar-refractivity contribution in [2.24, 2.45) is 5.73 Å². The summed E-state index contributed by atoms with van der Waals surface area (Å²) in [7, 11) is 0. The van der Waals surface area contributed by atoms with Gasteiger partial charge in [0.2, 0.25) is 5.91 Å². The zero-order valence-corrected chi connectivity index (χ0v) is 12.4. The van der Waals surface area contributed by atoms with Crippen molar-refractivity contribution in [2.45, 2.75) is 19.4 Å². The van der Waals surface area contributed by atoms with E-state index in [0.29, 0.717) is 17.1 Å². The lowest BCUT2D eigenvalue weighted by Gasteiger charge is -2.13. The van der Waals surface area contributed by atoms with E-state index in [0.717, 1.165) is 11.1 Å². The molecule has 1 amide bonds. The third-order valence-corrected chi connectivity index (χ3v) is 3.42. The first-order valence-electron chi connectivity index (χ1n) is 6.56. The summed E-state index contributed by atoms with van der Waals surface area (Å²) in [6.45, 7) is 1.92. The highest BCUT2D eigenvalue weighted by Crippen LogP contribution is 2.23. The van der Waals surface area contributed by atoms with E-state index in [1.807, 2.05) is 13.0 Å². The molecule has 0 saturated heterocycles. The van der Waals surface area contributed by atoms with Gasteiger partial charge in [0.05, 0.1) is 16.8 Å². The van der Waals surface area contributed by atoms with Crippen LogP contribution in [0.1, 0.15) is 11.1 Å². The van der Waals surface area contributed by atoms with Gasteiger partial charge in [-0.3, -0.25) is 4.79 Å². The van der Waals surface area contributed by atoms with Crippen molar-refractivity contribution in [1.29, 1.82) is 0 Å². The average Bonchev–Trinajstić information content (AvgIpc) is 2.44. The van der Waals surface area contributed by atoms with Gasteiger partial charge < -0.3 is 16.2 Å². The second-order valence-electron chi connectivity index (χ2n) is 4.95. The predicted octanol–water partition coefficient (Wildman–Crippen LogP) is 2.86. The Morgan fingerprint density at radius 1 is 1.29 bits per heavy atom. The number of anilines is 1. The van der Waals surface area contributed by atoms with Crippen molar-refractivity contribution < 1.29 is 9.90 Å². The van der Waals surface area contributed by atoms with Gasteiger partial charge in [-0.25, -0.2) is 0 Å². The van der Waals surface area contributed by atoms with Crippen LogP contribution in [-0.2, 0) is 11.2 Å². The number of phenolic OH excluding ortho intramolecular Hbond substituents is 1. The van der Waals surface area contributed by atoms with Gasteiger partial charge in [0.1, 0.15) is 5.75 Å². The molecular weight excluding hydrogens is 288 g/mol. The summed E-state index contributed by atoms with van der Waals surface area (Å²) < 4.78 is 0. The molecule has 1 atom stereocenters. The van der Waals surface area contributed by atoms with Gasteiger partial charge in [-0.05, 0) is 48.7 Å². The minimum absolute atomic E-state index is 0.184. The number of halogens is 1. The fourth-order valence-electron chi connectivity index (χ4n) is 1.93. The molecule has 0 saturated carbocycles. The molecule has 0 fully saturated rings. The molecule has 2 aromatic rings. The quantitative estimate of drug-likeness (QED) is 0.813. The summed E-state index contributed by atoms with van der Waals surface area (Å²) in [5.74, 6) is -0.114. The van der Waals surface area contributed by atoms with Gasteiger partial charge in [0, 0.05) is 0 Å². The number of aryl methyl sites for hydroxylation is 1. The SMILES string of the molecule is Cc1ccc(NC(=O)C(N)Cc2ccc(O)cc2)c(Cl)c1. The van der Waals surface area contributed by atoms with Crippen molar-refractivity contribution in [3.63, 3.8) is 0 Å². The first-order valence-corrected chi connectivity index (χ1v) is 6.94. The van der Waals surface area contributed by atoms with Crippen LogP contribution in [0.2, 0.25) is 5.02 Å². The maximum Gasteiger partial charge on any atom is 0.241 e. The maximum atomic E-state index is 12.1. The summed E-state index contributed by atoms with van der Waals surface area (Å²) in [4.78, 5) is 12.1. The van der Waals surface area contributed by atoms with Crippen molar-refractivity contribution in [1.82, 2.24) is 0 Å². The summed E-state index contributed by atoms with van der Waals surface area (Å²) in [6, 6.07) is 11.3. The van der Waals surface area contributed by atoms with E-state index in [2.05, 4.69) is 5.32 Å². The van der Waals surface area contributed by atoms with Crippen LogP contribution in [-0.4, -0.2) is 17.1 Å². The van der Waals surface area contributed by atoms with E-state index in [4.69, 9.17) is 17.3 Å². The molecule has 0 aromatic heterocycles. The molecule has 0 aliphatic heterocycles. The Labute approximate surface area is 128 Å². The Kier molecular flexibility index (Phi) is 4.83. The number of rotatable bonds is 4. The maximum absolute atomic E-state index is 12.1. The third-order valence-electron chi connectivity index (χ3n) is 3.11. The Morgan fingerprint density at radius 2 is 1.95 bits per heavy atom. The van der Waals surface area contributed by atoms with Gasteiger partial charge in [-0.2, -0.15) is 0 Å². The lowest BCUT2D eigenvalue weighted by atomic mass is 10.1. The molecule has 0 spiro atoms. The molecule has 110 valence electrons. The molecule has 0 aliphatic rings. The lowest BCUT2D eigenvalue weighted by Crippen LogP contribution is -2.37. The molecule has 21 heavy (non-hydrogen) atoms. The number of phenols is 1. The van der Waals surface area contributed by atoms with E-state index in [1.165, 1.54) is 0 Å². The number of hydrogen-bond donors (Lipinski definition) is 3. The number of aromatic hydroxyl groups is 1. The zero-order valence-electron chi connectivity index (χ0n) is 11.6. The van der Waals surface area contributed by atoms with Gasteiger partial charge in [0.25, 0.3) is 0 Å². The molecule has 4 N–H and O–H groups in total. The second-order valence-corrected chi connectivity index (χ2v) is 5.36. The van der Waals surface area contributed by atoms with E-state index in [-0.39, 0.29) is 11.7 Å². The summed E-state index contributed by atoms with van der Waals surface area (Å²) in [6.07, 6.45) is 0.385. The van der Waals surface area contributed by atoms with E-state index >= 15 is 0 Å². The fourth-order valence-corrected chi connectivity index (χ4v) is 2.21. The average molecular weight is 305 g/mol. The molecule has 1 unspecified atom stereocenters. The molecule has 0 aliphatic carbocycles. The number of carbonyl (C=O) groups excluding carboxylic acids is 1. The minimum Gasteiger partial charge on any atom is -0.508 e. The minimum atomic E-state index is -0.688. The van der Waals surface area contributed by atoms with E-state index in [9.17, 15) is 9.90 Å². The van der Waals surface area contributed by atoms with Crippen molar-refractivity contribution in [2.75, 3.05) is 5.32 Å². The summed E-state index contributed by atoms with van der Waals surface area (Å²) in [5, 5.41) is 12.4. The van der Waals surface area contributed by atoms with Gasteiger partial charge in [-0.15, -0.1) is 0 Å². The highest BCUT2D eigenvalue weighted by molar-refractivity contribution is 6.33. The van der Waals surface area contributed by atoms with Crippen LogP contribution >= 0.6 is 11.6 Å². The molecule has 2 rings (SSSR count). The number of carbonyl (C=O) groups is 1. The summed E-state index contributed by atoms with van der Waals surface area (Å²) in [5.41, 5.74) is 8.35. The van der Waals surface area contributed by atoms with Crippen molar-refractivity contribution in [3.05, 3.63) is 58.6 Å². The number of nitrogens with one attached hydrogen (secondary N) is 1. The smallest absolute Gasteiger partial charge is 0.241 e. The predicted molar refractivity (Wildman–Crippen MR) is 84.6 cm³/mol. The highest BCUT2D eigenvalue weighted by atomic mass is 35.5. The van der Waals surface area contributed by atoms with Crippen molar-refractivity contribution in [3.8, 4) is 5.75 Å². The fraction of sp³-hybridized carbons (Fsp3) is 0.188. The summed E-state index contributed by atoms with van der Waals surface area (Å²) >= 11 is 6.07. The first-order chi connectivity index (χ1) is 9.95. The van der Waals surface area contributed by atoms with E-state index in [1.54, 1.807) is 36.4 Å². The van der Waals surface area contributed by atoms with Crippen LogP contribution in [0.3, 0.4) is 0 Å². The number of nitrogens with two attached hydrogens (primary N) is 1. The molecule has 0 radical (unpaired) electrons. The molecule has 5 heteroatoms. The van der Waals surface area contributed by atoms with E-state index < -0.39 is 6.04 Å². The normalized spacial score (nSPS) is 12.0. The third kappa shape index (κ3) is 4.21. The largest absolute Gasteiger partial charge is 0.508 e. The van der Waals surface area contributed by atoms with Crippen molar-refractivity contribution >= 4 is 23.2 Å². The van der Waals surface area contributed by atoms with Crippen LogP contribution in [0, 0.1) is 6.92 Å². The van der Waals surface area contributed by atoms with Gasteiger partial charge >= 0.3 is 0 Å². The Bertz CT molecular complexity index is 641. The number of benzene rings is 2. The molecular formula is C16H17ClN2O2. The Morgan fingerprint density at radius 3 is 2.57 bits per heavy atom. The van der Waals surface area contributed by atoms with Gasteiger partial charge in [0.15, 0.2) is 0 Å². The molecule has 0 bridgehead atoms. The number of amides is 1. The van der Waals surface area contributed by atoms with Crippen LogP contribution < -0.4 is 11.1 Å². The molecule has 0 heterocycles. The standard InChI is InChI=1S/C16H17ClN2O2/c1-10-2-7-15(13(17)8-10)19-16(21)14(18)9-11-3-5-12(20)6-4-11/h2-8,14,20H,9,18H2,1H3,(H,19,21). The second kappa shape index (κ2) is 6.61. The highest BCUT2D eigenvalue weighted by Gasteiger charge is 2.15. The zero-order chi connectivity index (χ0) is 15.4. The van der Waals surface area contributed by atoms with Crippen LogP contribution in [0.15, 0.2) is 42.5 Å². The van der Waals surface area contributed by atoms with Crippen LogP contribution in [0.4, 0.5) is 5.69 Å². The molecule has 2 aromatic carbocycles. The Balaban J connectivity index is 2.00.